The molecule has 2 saturated heterocycles. The Morgan fingerprint density at radius 2 is 1.75 bits per heavy atom. The standard InChI is InChI=1S/C18H28N2O4/c1-12-4-6-15(7-5-12)20-11-14(9-16(20)21)17(22)19-8-2-3-13(10-19)18(23)24/h12-15H,2-11H2,1H3,(H,23,24)/t12?,13-,14+,15?/m1/s1. The SMILES string of the molecule is CC1CCC(N2C[C@@H](C(=O)N3CCC[C@@H](C(=O)O)C3)CC2=O)CC1. The molecular weight excluding hydrogens is 308 g/mol. The van der Waals surface area contributed by atoms with Gasteiger partial charge >= 0.3 is 5.97 Å². The fourth-order valence-corrected chi connectivity index (χ4v) is 4.44. The largest absolute Gasteiger partial charge is 0.481 e. The molecular formula is C18H28N2O4. The molecule has 1 aliphatic carbocycles. The van der Waals surface area contributed by atoms with Gasteiger partial charge in [0.1, 0.15) is 0 Å². The fraction of sp³-hybridized carbons (Fsp3) is 0.833. The van der Waals surface area contributed by atoms with E-state index >= 15 is 0 Å². The number of amides is 2. The number of hydrogen-bond acceptors (Lipinski definition) is 3. The lowest BCUT2D eigenvalue weighted by Crippen LogP contribution is -2.46. The van der Waals surface area contributed by atoms with Crippen LogP contribution in [0.4, 0.5) is 0 Å². The van der Waals surface area contributed by atoms with Gasteiger partial charge in [0, 0.05) is 32.1 Å². The van der Waals surface area contributed by atoms with Gasteiger partial charge in [0.25, 0.3) is 0 Å². The van der Waals surface area contributed by atoms with Crippen molar-refractivity contribution in [2.75, 3.05) is 19.6 Å². The monoisotopic (exact) mass is 336 g/mol. The molecule has 0 aromatic heterocycles. The van der Waals surface area contributed by atoms with E-state index in [-0.39, 0.29) is 17.7 Å². The number of likely N-dealkylation sites (tertiary alicyclic amines) is 2. The normalized spacial score (nSPS) is 34.5. The molecule has 1 N–H and O–H groups in total. The van der Waals surface area contributed by atoms with E-state index in [0.717, 1.165) is 38.0 Å². The highest BCUT2D eigenvalue weighted by Crippen LogP contribution is 2.32. The summed E-state index contributed by atoms with van der Waals surface area (Å²) in [4.78, 5) is 39.9. The maximum Gasteiger partial charge on any atom is 0.308 e. The number of aliphatic carboxylic acids is 1. The van der Waals surface area contributed by atoms with E-state index in [1.54, 1.807) is 4.90 Å². The topological polar surface area (TPSA) is 77.9 Å². The van der Waals surface area contributed by atoms with Gasteiger partial charge in [-0.25, -0.2) is 0 Å². The summed E-state index contributed by atoms with van der Waals surface area (Å²) in [5.41, 5.74) is 0. The summed E-state index contributed by atoms with van der Waals surface area (Å²) in [7, 11) is 0. The van der Waals surface area contributed by atoms with Crippen LogP contribution in [0.2, 0.25) is 0 Å². The first-order valence-corrected chi connectivity index (χ1v) is 9.26. The molecule has 2 amide bonds. The second-order valence-electron chi connectivity index (χ2n) is 7.82. The lowest BCUT2D eigenvalue weighted by atomic mass is 9.86. The smallest absolute Gasteiger partial charge is 0.308 e. The highest BCUT2D eigenvalue weighted by molar-refractivity contribution is 5.89. The fourth-order valence-electron chi connectivity index (χ4n) is 4.44. The molecule has 1 saturated carbocycles. The Morgan fingerprint density at radius 1 is 1.04 bits per heavy atom. The number of hydrogen-bond donors (Lipinski definition) is 1. The predicted octanol–water partition coefficient (Wildman–Crippen LogP) is 1.74. The van der Waals surface area contributed by atoms with E-state index in [1.165, 1.54) is 0 Å². The van der Waals surface area contributed by atoms with Crippen LogP contribution in [0.5, 0.6) is 0 Å². The molecule has 2 atom stereocenters. The summed E-state index contributed by atoms with van der Waals surface area (Å²) in [6.07, 6.45) is 6.04. The van der Waals surface area contributed by atoms with Gasteiger partial charge in [-0.15, -0.1) is 0 Å². The van der Waals surface area contributed by atoms with Crippen LogP contribution in [-0.4, -0.2) is 58.4 Å². The lowest BCUT2D eigenvalue weighted by molar-refractivity contribution is -0.146. The Labute approximate surface area is 143 Å². The maximum absolute atomic E-state index is 12.7. The van der Waals surface area contributed by atoms with Crippen LogP contribution in [-0.2, 0) is 14.4 Å². The predicted molar refractivity (Wildman–Crippen MR) is 88.2 cm³/mol. The lowest BCUT2D eigenvalue weighted by Gasteiger charge is -2.34. The zero-order chi connectivity index (χ0) is 17.3. The molecule has 6 heteroatoms. The van der Waals surface area contributed by atoms with Gasteiger partial charge in [-0.3, -0.25) is 14.4 Å². The molecule has 2 aliphatic heterocycles. The molecule has 24 heavy (non-hydrogen) atoms. The second-order valence-corrected chi connectivity index (χ2v) is 7.82. The summed E-state index contributed by atoms with van der Waals surface area (Å²) in [6, 6.07) is 0.291. The molecule has 3 aliphatic rings. The minimum absolute atomic E-state index is 0.0269. The number of carboxylic acids is 1. The highest BCUT2D eigenvalue weighted by atomic mass is 16.4. The van der Waals surface area contributed by atoms with Crippen molar-refractivity contribution in [1.29, 1.82) is 0 Å². The van der Waals surface area contributed by atoms with Crippen LogP contribution in [0.3, 0.4) is 0 Å². The molecule has 6 nitrogen and oxygen atoms in total. The summed E-state index contributed by atoms with van der Waals surface area (Å²) in [5.74, 6) is -0.772. The summed E-state index contributed by atoms with van der Waals surface area (Å²) in [5, 5.41) is 9.18. The third-order valence-corrected chi connectivity index (χ3v) is 6.02. The summed E-state index contributed by atoms with van der Waals surface area (Å²) >= 11 is 0. The van der Waals surface area contributed by atoms with Crippen molar-refractivity contribution in [3.63, 3.8) is 0 Å². The molecule has 2 heterocycles. The van der Waals surface area contributed by atoms with Crippen molar-refractivity contribution in [3.05, 3.63) is 0 Å². The van der Waals surface area contributed by atoms with Crippen LogP contribution in [0.15, 0.2) is 0 Å². The van der Waals surface area contributed by atoms with Crippen molar-refractivity contribution in [1.82, 2.24) is 9.80 Å². The summed E-state index contributed by atoms with van der Waals surface area (Å²) < 4.78 is 0. The maximum atomic E-state index is 12.7. The number of carbonyl (C=O) groups excluding carboxylic acids is 2. The number of rotatable bonds is 3. The van der Waals surface area contributed by atoms with Crippen molar-refractivity contribution in [2.24, 2.45) is 17.8 Å². The average Bonchev–Trinajstić information content (AvgIpc) is 2.97. The Kier molecular flexibility index (Phi) is 5.11. The van der Waals surface area contributed by atoms with E-state index in [2.05, 4.69) is 6.92 Å². The first-order valence-electron chi connectivity index (χ1n) is 9.26. The van der Waals surface area contributed by atoms with E-state index in [0.29, 0.717) is 38.5 Å². The zero-order valence-electron chi connectivity index (χ0n) is 14.4. The number of nitrogens with zero attached hydrogens (tertiary/aromatic N) is 2. The Hall–Kier alpha value is -1.59. The van der Waals surface area contributed by atoms with E-state index in [9.17, 15) is 19.5 Å². The molecule has 134 valence electrons. The minimum atomic E-state index is -0.826. The molecule has 0 unspecified atom stereocenters. The van der Waals surface area contributed by atoms with Gasteiger partial charge in [0.15, 0.2) is 0 Å². The molecule has 0 aromatic carbocycles. The molecule has 3 rings (SSSR count). The average molecular weight is 336 g/mol. The third-order valence-electron chi connectivity index (χ3n) is 6.02. The van der Waals surface area contributed by atoms with Gasteiger partial charge in [-0.2, -0.15) is 0 Å². The van der Waals surface area contributed by atoms with Crippen molar-refractivity contribution in [2.45, 2.75) is 57.9 Å². The summed E-state index contributed by atoms with van der Waals surface area (Å²) in [6.45, 7) is 3.68. The number of piperidine rings is 1. The Morgan fingerprint density at radius 3 is 2.42 bits per heavy atom. The van der Waals surface area contributed by atoms with Gasteiger partial charge in [-0.05, 0) is 44.4 Å². The molecule has 0 spiro atoms. The van der Waals surface area contributed by atoms with Gasteiger partial charge in [0.2, 0.25) is 11.8 Å². The molecule has 0 aromatic rings. The van der Waals surface area contributed by atoms with Gasteiger partial charge < -0.3 is 14.9 Å². The van der Waals surface area contributed by atoms with Crippen LogP contribution in [0.1, 0.15) is 51.9 Å². The van der Waals surface area contributed by atoms with Crippen LogP contribution in [0.25, 0.3) is 0 Å². The van der Waals surface area contributed by atoms with E-state index < -0.39 is 11.9 Å². The first kappa shape index (κ1) is 17.2. The van der Waals surface area contributed by atoms with Crippen molar-refractivity contribution >= 4 is 17.8 Å². The Balaban J connectivity index is 1.58. The van der Waals surface area contributed by atoms with Gasteiger partial charge in [0.05, 0.1) is 11.8 Å². The number of carbonyl (C=O) groups is 3. The molecule has 0 radical (unpaired) electrons. The Bertz CT molecular complexity index is 513. The first-order chi connectivity index (χ1) is 11.5. The zero-order valence-corrected chi connectivity index (χ0v) is 14.4. The van der Waals surface area contributed by atoms with Crippen LogP contribution >= 0.6 is 0 Å². The minimum Gasteiger partial charge on any atom is -0.481 e. The third kappa shape index (κ3) is 3.57. The van der Waals surface area contributed by atoms with Crippen LogP contribution < -0.4 is 0 Å². The quantitative estimate of drug-likeness (QED) is 0.851. The van der Waals surface area contributed by atoms with Crippen molar-refractivity contribution < 1.29 is 19.5 Å². The molecule has 0 bridgehead atoms. The van der Waals surface area contributed by atoms with E-state index in [1.807, 2.05) is 4.90 Å². The van der Waals surface area contributed by atoms with Crippen LogP contribution in [0, 0.1) is 17.8 Å². The highest BCUT2D eigenvalue weighted by Gasteiger charge is 2.41. The van der Waals surface area contributed by atoms with E-state index in [4.69, 9.17) is 0 Å². The van der Waals surface area contributed by atoms with Crippen molar-refractivity contribution in [3.8, 4) is 0 Å². The van der Waals surface area contributed by atoms with Gasteiger partial charge in [-0.1, -0.05) is 6.92 Å². The molecule has 3 fully saturated rings. The number of carboxylic acid groups (broad SMARTS) is 1. The second kappa shape index (κ2) is 7.11.